The molecule has 25 heavy (non-hydrogen) atoms. The molecule has 1 amide bonds. The third-order valence-corrected chi connectivity index (χ3v) is 5.16. The van der Waals surface area contributed by atoms with Gasteiger partial charge in [-0.2, -0.15) is 0 Å². The van der Waals surface area contributed by atoms with Crippen molar-refractivity contribution in [1.29, 1.82) is 0 Å². The molecule has 0 radical (unpaired) electrons. The summed E-state index contributed by atoms with van der Waals surface area (Å²) >= 11 is 0. The Morgan fingerprint density at radius 3 is 2.72 bits per heavy atom. The van der Waals surface area contributed by atoms with Gasteiger partial charge in [-0.3, -0.25) is 4.79 Å². The van der Waals surface area contributed by atoms with Crippen LogP contribution in [-0.2, 0) is 23.1 Å². The number of unbranched alkanes of at least 4 members (excludes halogenated alkanes) is 3. The Morgan fingerprint density at radius 1 is 1.24 bits per heavy atom. The summed E-state index contributed by atoms with van der Waals surface area (Å²) in [5, 5.41) is 0. The van der Waals surface area contributed by atoms with E-state index in [1.807, 2.05) is 0 Å². The molecule has 0 bridgehead atoms. The van der Waals surface area contributed by atoms with Crippen LogP contribution in [0.1, 0.15) is 51.1 Å². The summed E-state index contributed by atoms with van der Waals surface area (Å²) in [6, 6.07) is 4.17. The van der Waals surface area contributed by atoms with Crippen molar-refractivity contribution in [2.24, 2.45) is 7.05 Å². The first-order chi connectivity index (χ1) is 12.2. The number of morpholine rings is 1. The molecule has 2 heterocycles. The van der Waals surface area contributed by atoms with Crippen molar-refractivity contribution in [1.82, 2.24) is 9.47 Å². The molecule has 1 aliphatic heterocycles. The second kappa shape index (κ2) is 11.3. The van der Waals surface area contributed by atoms with Crippen LogP contribution in [0.3, 0.4) is 0 Å². The minimum Gasteiger partial charge on any atom is -0.370 e. The first-order valence-electron chi connectivity index (χ1n) is 10.00. The highest BCUT2D eigenvalue weighted by atomic mass is 16.5. The van der Waals surface area contributed by atoms with E-state index in [-0.39, 0.29) is 0 Å². The van der Waals surface area contributed by atoms with Gasteiger partial charge < -0.3 is 19.1 Å². The van der Waals surface area contributed by atoms with Crippen LogP contribution < -0.4 is 4.90 Å². The van der Waals surface area contributed by atoms with Crippen LogP contribution in [0.15, 0.2) is 18.3 Å². The molecule has 0 aliphatic carbocycles. The maximum Gasteiger partial charge on any atom is 0.222 e. The molecule has 2 rings (SSSR count). The summed E-state index contributed by atoms with van der Waals surface area (Å²) in [7, 11) is 2.05. The number of hydrogen-bond acceptors (Lipinski definition) is 2. The predicted molar refractivity (Wildman–Crippen MR) is 101 cm³/mol. The summed E-state index contributed by atoms with van der Waals surface area (Å²) in [5.74, 6) is 0.314. The lowest BCUT2D eigenvalue weighted by Crippen LogP contribution is -3.14. The molecule has 0 spiro atoms. The number of quaternary nitrogens is 1. The third kappa shape index (κ3) is 7.20. The molecule has 5 heteroatoms. The number of aryl methyl sites for hydroxylation is 1. The number of aromatic nitrogens is 1. The molecular formula is C20H36N3O2+. The number of ether oxygens (including phenoxy) is 1. The molecule has 1 fully saturated rings. The number of rotatable bonds is 11. The third-order valence-electron chi connectivity index (χ3n) is 5.16. The highest BCUT2D eigenvalue weighted by Gasteiger charge is 2.17. The Kier molecular flexibility index (Phi) is 9.05. The monoisotopic (exact) mass is 350 g/mol. The lowest BCUT2D eigenvalue weighted by molar-refractivity contribution is -0.908. The van der Waals surface area contributed by atoms with Gasteiger partial charge >= 0.3 is 0 Å². The van der Waals surface area contributed by atoms with Gasteiger partial charge in [0.1, 0.15) is 13.1 Å². The van der Waals surface area contributed by atoms with Gasteiger partial charge in [-0.15, -0.1) is 0 Å². The average molecular weight is 351 g/mol. The van der Waals surface area contributed by atoms with E-state index >= 15 is 0 Å². The smallest absolute Gasteiger partial charge is 0.222 e. The number of hydrogen-bond donors (Lipinski definition) is 1. The zero-order valence-electron chi connectivity index (χ0n) is 16.1. The van der Waals surface area contributed by atoms with Gasteiger partial charge in [0.2, 0.25) is 5.91 Å². The average Bonchev–Trinajstić information content (AvgIpc) is 3.03. The highest BCUT2D eigenvalue weighted by Crippen LogP contribution is 2.10. The van der Waals surface area contributed by atoms with Crippen LogP contribution in [0.25, 0.3) is 0 Å². The molecule has 142 valence electrons. The first-order valence-corrected chi connectivity index (χ1v) is 10.00. The molecule has 1 saturated heterocycles. The Labute approximate surface area is 152 Å². The van der Waals surface area contributed by atoms with Crippen LogP contribution in [0.4, 0.5) is 0 Å². The van der Waals surface area contributed by atoms with Crippen molar-refractivity contribution in [3.8, 4) is 0 Å². The van der Waals surface area contributed by atoms with Gasteiger partial charge in [0, 0.05) is 38.3 Å². The van der Waals surface area contributed by atoms with E-state index < -0.39 is 0 Å². The molecule has 1 N–H and O–H groups in total. The normalized spacial score (nSPS) is 15.4. The van der Waals surface area contributed by atoms with Crippen LogP contribution in [0, 0.1) is 0 Å². The zero-order valence-corrected chi connectivity index (χ0v) is 16.1. The van der Waals surface area contributed by atoms with Crippen LogP contribution in [0.5, 0.6) is 0 Å². The number of nitrogens with one attached hydrogen (secondary N) is 1. The molecule has 0 atom stereocenters. The van der Waals surface area contributed by atoms with Crippen molar-refractivity contribution < 1.29 is 14.4 Å². The summed E-state index contributed by atoms with van der Waals surface area (Å²) in [5.41, 5.74) is 1.21. The van der Waals surface area contributed by atoms with Gasteiger partial charge in [-0.05, 0) is 18.6 Å². The fourth-order valence-corrected chi connectivity index (χ4v) is 3.44. The number of nitrogens with zero attached hydrogens (tertiary/aromatic N) is 2. The molecule has 1 aromatic heterocycles. The summed E-state index contributed by atoms with van der Waals surface area (Å²) in [6.07, 6.45) is 8.44. The lowest BCUT2D eigenvalue weighted by Gasteiger charge is -2.26. The van der Waals surface area contributed by atoms with Crippen molar-refractivity contribution in [2.45, 2.75) is 52.0 Å². The molecular weight excluding hydrogens is 314 g/mol. The summed E-state index contributed by atoms with van der Waals surface area (Å²) in [4.78, 5) is 16.4. The number of amides is 1. The predicted octanol–water partition coefficient (Wildman–Crippen LogP) is 1.63. The van der Waals surface area contributed by atoms with Gasteiger partial charge in [0.05, 0.1) is 26.3 Å². The second-order valence-electron chi connectivity index (χ2n) is 7.20. The molecule has 0 unspecified atom stereocenters. The Bertz CT molecular complexity index is 495. The van der Waals surface area contributed by atoms with Gasteiger partial charge in [-0.1, -0.05) is 26.2 Å². The SMILES string of the molecule is CCCCCCC(=O)N(CCC[NH+]1CCOCC1)Cc1cccn1C. The molecule has 1 aromatic rings. The van der Waals surface area contributed by atoms with Crippen LogP contribution in [-0.4, -0.2) is 54.8 Å². The van der Waals surface area contributed by atoms with Gasteiger partial charge in [0.15, 0.2) is 0 Å². The quantitative estimate of drug-likeness (QED) is 0.616. The van der Waals surface area contributed by atoms with Crippen molar-refractivity contribution in [3.63, 3.8) is 0 Å². The van der Waals surface area contributed by atoms with Gasteiger partial charge in [0.25, 0.3) is 0 Å². The molecule has 0 saturated carbocycles. The Hall–Kier alpha value is -1.33. The van der Waals surface area contributed by atoms with E-state index in [1.165, 1.54) is 18.5 Å². The largest absolute Gasteiger partial charge is 0.370 e. The zero-order chi connectivity index (χ0) is 17.9. The standard InChI is InChI=1S/C20H35N3O2/c1-3-4-5-6-10-20(24)23(18-19-9-7-11-21(19)2)13-8-12-22-14-16-25-17-15-22/h7,9,11H,3-6,8,10,12-18H2,1-2H3/p+1. The van der Waals surface area contributed by atoms with E-state index in [4.69, 9.17) is 4.74 Å². The molecule has 0 aromatic carbocycles. The maximum absolute atomic E-state index is 12.7. The minimum absolute atomic E-state index is 0.314. The topological polar surface area (TPSA) is 38.9 Å². The molecule has 1 aliphatic rings. The lowest BCUT2D eigenvalue weighted by atomic mass is 10.1. The fourth-order valence-electron chi connectivity index (χ4n) is 3.44. The number of carbonyl (C=O) groups is 1. The van der Waals surface area contributed by atoms with E-state index in [2.05, 4.69) is 41.8 Å². The molecule has 5 nitrogen and oxygen atoms in total. The fraction of sp³-hybridized carbons (Fsp3) is 0.750. The van der Waals surface area contributed by atoms with Crippen LogP contribution >= 0.6 is 0 Å². The summed E-state index contributed by atoms with van der Waals surface area (Å²) < 4.78 is 7.54. The maximum atomic E-state index is 12.7. The summed E-state index contributed by atoms with van der Waals surface area (Å²) in [6.45, 7) is 8.88. The van der Waals surface area contributed by atoms with Crippen LogP contribution in [0.2, 0.25) is 0 Å². The van der Waals surface area contributed by atoms with E-state index in [0.717, 1.165) is 65.2 Å². The number of carbonyl (C=O) groups excluding carboxylic acids is 1. The van der Waals surface area contributed by atoms with Crippen molar-refractivity contribution >= 4 is 5.91 Å². The van der Waals surface area contributed by atoms with Gasteiger partial charge in [-0.25, -0.2) is 0 Å². The highest BCUT2D eigenvalue weighted by molar-refractivity contribution is 5.76. The van der Waals surface area contributed by atoms with E-state index in [0.29, 0.717) is 12.3 Å². The second-order valence-corrected chi connectivity index (χ2v) is 7.20. The minimum atomic E-state index is 0.314. The van der Waals surface area contributed by atoms with E-state index in [9.17, 15) is 4.79 Å². The van der Waals surface area contributed by atoms with Crippen molar-refractivity contribution in [2.75, 3.05) is 39.4 Å². The van der Waals surface area contributed by atoms with E-state index in [1.54, 1.807) is 4.90 Å². The Balaban J connectivity index is 1.82. The van der Waals surface area contributed by atoms with Crippen molar-refractivity contribution in [3.05, 3.63) is 24.0 Å². The first kappa shape index (κ1) is 20.0. The Morgan fingerprint density at radius 2 is 2.04 bits per heavy atom.